The van der Waals surface area contributed by atoms with E-state index in [1.54, 1.807) is 0 Å². The fraction of sp³-hybridized carbons (Fsp3) is 0.550. The molecule has 0 bridgehead atoms. The predicted octanol–water partition coefficient (Wildman–Crippen LogP) is 4.07. The summed E-state index contributed by atoms with van der Waals surface area (Å²) >= 11 is 0. The summed E-state index contributed by atoms with van der Waals surface area (Å²) < 4.78 is 4.79. The van der Waals surface area contributed by atoms with Crippen molar-refractivity contribution >= 4 is 16.9 Å². The Bertz CT molecular complexity index is 705. The Morgan fingerprint density at radius 1 is 1.38 bits per heavy atom. The van der Waals surface area contributed by atoms with Crippen LogP contribution in [0.3, 0.4) is 0 Å². The zero-order valence-corrected chi connectivity index (χ0v) is 15.0. The van der Waals surface area contributed by atoms with Gasteiger partial charge in [0.05, 0.1) is 13.2 Å². The first-order valence-corrected chi connectivity index (χ1v) is 9.00. The number of aromatic amines is 1. The number of H-pyrrole nitrogens is 1. The first-order chi connectivity index (χ1) is 11.6. The summed E-state index contributed by atoms with van der Waals surface area (Å²) in [6.07, 6.45) is 3.44. The van der Waals surface area contributed by atoms with E-state index in [9.17, 15) is 4.79 Å². The topological polar surface area (TPSA) is 45.3 Å². The van der Waals surface area contributed by atoms with Crippen molar-refractivity contribution in [3.05, 3.63) is 35.5 Å². The molecule has 1 aromatic carbocycles. The highest BCUT2D eigenvalue weighted by Gasteiger charge is 2.30. The number of fused-ring (bicyclic) bond motifs is 3. The van der Waals surface area contributed by atoms with Gasteiger partial charge in [0.2, 0.25) is 0 Å². The van der Waals surface area contributed by atoms with Crippen molar-refractivity contribution in [1.82, 2.24) is 9.88 Å². The first kappa shape index (κ1) is 17.0. The molecule has 1 atom stereocenters. The second kappa shape index (κ2) is 7.39. The number of hydrogen-bond acceptors (Lipinski definition) is 3. The van der Waals surface area contributed by atoms with Gasteiger partial charge in [0.25, 0.3) is 0 Å². The molecule has 0 saturated heterocycles. The quantitative estimate of drug-likeness (QED) is 0.813. The van der Waals surface area contributed by atoms with Gasteiger partial charge < -0.3 is 9.72 Å². The average Bonchev–Trinajstić information content (AvgIpc) is 2.94. The Morgan fingerprint density at radius 2 is 2.17 bits per heavy atom. The highest BCUT2D eigenvalue weighted by molar-refractivity contribution is 5.85. The molecule has 0 radical (unpaired) electrons. The molecule has 0 spiro atoms. The van der Waals surface area contributed by atoms with E-state index in [1.165, 1.54) is 29.3 Å². The second-order valence-corrected chi connectivity index (χ2v) is 7.19. The van der Waals surface area contributed by atoms with Gasteiger partial charge in [-0.05, 0) is 36.8 Å². The Labute approximate surface area is 144 Å². The molecule has 3 rings (SSSR count). The zero-order valence-electron chi connectivity index (χ0n) is 15.0. The van der Waals surface area contributed by atoms with E-state index in [0.29, 0.717) is 18.4 Å². The molecule has 130 valence electrons. The van der Waals surface area contributed by atoms with Gasteiger partial charge in [-0.2, -0.15) is 0 Å². The van der Waals surface area contributed by atoms with Gasteiger partial charge in [-0.15, -0.1) is 0 Å². The molecular formula is C20H28N2O2. The summed E-state index contributed by atoms with van der Waals surface area (Å²) in [4.78, 5) is 17.7. The van der Waals surface area contributed by atoms with Crippen LogP contribution in [0.5, 0.6) is 0 Å². The maximum absolute atomic E-state index is 11.5. The van der Waals surface area contributed by atoms with E-state index in [4.69, 9.17) is 4.74 Å². The third kappa shape index (κ3) is 3.48. The third-order valence-electron chi connectivity index (χ3n) is 4.96. The van der Waals surface area contributed by atoms with Gasteiger partial charge in [0.1, 0.15) is 0 Å². The van der Waals surface area contributed by atoms with Crippen molar-refractivity contribution in [1.29, 1.82) is 0 Å². The van der Waals surface area contributed by atoms with Crippen LogP contribution in [-0.2, 0) is 16.0 Å². The third-order valence-corrected chi connectivity index (χ3v) is 4.96. The molecule has 1 aliphatic rings. The van der Waals surface area contributed by atoms with Crippen LogP contribution in [0.1, 0.15) is 50.4 Å². The number of methoxy groups -OCH3 is 1. The van der Waals surface area contributed by atoms with Gasteiger partial charge >= 0.3 is 5.97 Å². The number of hydrogen-bond donors (Lipinski definition) is 1. The van der Waals surface area contributed by atoms with Crippen LogP contribution in [0, 0.1) is 5.92 Å². The summed E-state index contributed by atoms with van der Waals surface area (Å²) in [7, 11) is 1.46. The maximum Gasteiger partial charge on any atom is 0.305 e. The molecule has 1 N–H and O–H groups in total. The number of benzene rings is 1. The summed E-state index contributed by atoms with van der Waals surface area (Å²) in [6.45, 7) is 6.73. The van der Waals surface area contributed by atoms with Gasteiger partial charge in [-0.25, -0.2) is 0 Å². The highest BCUT2D eigenvalue weighted by Crippen LogP contribution is 2.37. The Morgan fingerprint density at radius 3 is 2.92 bits per heavy atom. The lowest BCUT2D eigenvalue weighted by Crippen LogP contribution is -2.37. The number of esters is 1. The molecule has 0 saturated carbocycles. The van der Waals surface area contributed by atoms with E-state index >= 15 is 0 Å². The zero-order chi connectivity index (χ0) is 17.1. The molecule has 0 fully saturated rings. The molecule has 0 aliphatic carbocycles. The van der Waals surface area contributed by atoms with Crippen molar-refractivity contribution in [3.8, 4) is 0 Å². The van der Waals surface area contributed by atoms with Gasteiger partial charge in [0.15, 0.2) is 0 Å². The van der Waals surface area contributed by atoms with Crippen molar-refractivity contribution in [3.63, 3.8) is 0 Å². The predicted molar refractivity (Wildman–Crippen MR) is 97.0 cm³/mol. The lowest BCUT2D eigenvalue weighted by atomic mass is 9.93. The smallest absolute Gasteiger partial charge is 0.305 e. The molecule has 24 heavy (non-hydrogen) atoms. The minimum absolute atomic E-state index is 0.113. The monoisotopic (exact) mass is 328 g/mol. The van der Waals surface area contributed by atoms with E-state index < -0.39 is 0 Å². The molecule has 2 aromatic rings. The lowest BCUT2D eigenvalue weighted by Gasteiger charge is -2.37. The van der Waals surface area contributed by atoms with E-state index in [0.717, 1.165) is 32.4 Å². The molecule has 1 aliphatic heterocycles. The molecule has 4 heteroatoms. The van der Waals surface area contributed by atoms with Gasteiger partial charge in [-0.3, -0.25) is 9.69 Å². The number of para-hydroxylation sites is 1. The van der Waals surface area contributed by atoms with Crippen LogP contribution in [-0.4, -0.2) is 36.1 Å². The Kier molecular flexibility index (Phi) is 5.24. The van der Waals surface area contributed by atoms with E-state index in [-0.39, 0.29) is 5.97 Å². The highest BCUT2D eigenvalue weighted by atomic mass is 16.5. The van der Waals surface area contributed by atoms with Crippen molar-refractivity contribution in [2.45, 2.75) is 45.6 Å². The molecule has 1 unspecified atom stereocenters. The fourth-order valence-corrected chi connectivity index (χ4v) is 3.92. The minimum atomic E-state index is -0.113. The van der Waals surface area contributed by atoms with E-state index in [2.05, 4.69) is 48.0 Å². The summed E-state index contributed by atoms with van der Waals surface area (Å²) in [5, 5.41) is 1.36. The summed E-state index contributed by atoms with van der Waals surface area (Å²) in [6, 6.07) is 8.94. The maximum atomic E-state index is 11.5. The SMILES string of the molecule is COC(=O)CCCC1c2[nH]c3ccccc3c2CCN1CC(C)C. The number of nitrogens with one attached hydrogen (secondary N) is 1. The van der Waals surface area contributed by atoms with Crippen LogP contribution in [0.4, 0.5) is 0 Å². The number of aromatic nitrogens is 1. The second-order valence-electron chi connectivity index (χ2n) is 7.19. The minimum Gasteiger partial charge on any atom is -0.469 e. The summed E-state index contributed by atoms with van der Waals surface area (Å²) in [5.41, 5.74) is 4.05. The van der Waals surface area contributed by atoms with Crippen LogP contribution in [0.2, 0.25) is 0 Å². The standard InChI is InChI=1S/C20H28N2O2/c1-14(2)13-22-12-11-16-15-7-4-5-8-17(15)21-20(16)18(22)9-6-10-19(23)24-3/h4-5,7-8,14,18,21H,6,9-13H2,1-3H3. The van der Waals surface area contributed by atoms with Crippen LogP contribution >= 0.6 is 0 Å². The number of ether oxygens (including phenoxy) is 1. The molecule has 4 nitrogen and oxygen atoms in total. The average molecular weight is 328 g/mol. The van der Waals surface area contributed by atoms with Gasteiger partial charge in [0, 0.05) is 36.1 Å². The number of carbonyl (C=O) groups is 1. The van der Waals surface area contributed by atoms with E-state index in [1.807, 2.05) is 0 Å². The number of rotatable bonds is 6. The van der Waals surface area contributed by atoms with Crippen molar-refractivity contribution in [2.75, 3.05) is 20.2 Å². The van der Waals surface area contributed by atoms with Crippen LogP contribution in [0.15, 0.2) is 24.3 Å². The molecular weight excluding hydrogens is 300 g/mol. The van der Waals surface area contributed by atoms with Crippen molar-refractivity contribution < 1.29 is 9.53 Å². The fourth-order valence-electron chi connectivity index (χ4n) is 3.92. The number of carbonyl (C=O) groups excluding carboxylic acids is 1. The lowest BCUT2D eigenvalue weighted by molar-refractivity contribution is -0.140. The van der Waals surface area contributed by atoms with Crippen molar-refractivity contribution in [2.24, 2.45) is 5.92 Å². The molecule has 1 aromatic heterocycles. The normalized spacial score (nSPS) is 18.1. The molecule has 0 amide bonds. The number of nitrogens with zero attached hydrogens (tertiary/aromatic N) is 1. The Hall–Kier alpha value is -1.81. The van der Waals surface area contributed by atoms with Crippen LogP contribution < -0.4 is 0 Å². The first-order valence-electron chi connectivity index (χ1n) is 9.00. The largest absolute Gasteiger partial charge is 0.469 e. The Balaban J connectivity index is 1.86. The molecule has 2 heterocycles. The van der Waals surface area contributed by atoms with Crippen LogP contribution in [0.25, 0.3) is 10.9 Å². The van der Waals surface area contributed by atoms with Gasteiger partial charge in [-0.1, -0.05) is 32.0 Å². The summed E-state index contributed by atoms with van der Waals surface area (Å²) in [5.74, 6) is 0.525.